The molecular weight excluding hydrogens is 343 g/mol. The van der Waals surface area contributed by atoms with Crippen molar-refractivity contribution >= 4 is 41.5 Å². The Morgan fingerprint density at radius 3 is 2.68 bits per heavy atom. The third-order valence-corrected chi connectivity index (χ3v) is 4.56. The topological polar surface area (TPSA) is 41.1 Å². The number of hydrogen-bond acceptors (Lipinski definition) is 2. The second kappa shape index (κ2) is 10.3. The van der Waals surface area contributed by atoms with Gasteiger partial charge < -0.3 is 10.6 Å². The molecule has 0 saturated carbocycles. The SMILES string of the molecule is Cl.O=C(CCC1CCNCC1)NCCc1ccc(Cl)cc1Cl. The van der Waals surface area contributed by atoms with Crippen molar-refractivity contribution in [1.82, 2.24) is 10.6 Å². The zero-order valence-corrected chi connectivity index (χ0v) is 14.9. The van der Waals surface area contributed by atoms with Crippen molar-refractivity contribution in [2.75, 3.05) is 19.6 Å². The molecule has 1 saturated heterocycles. The van der Waals surface area contributed by atoms with Crippen LogP contribution in [0.15, 0.2) is 18.2 Å². The highest BCUT2D eigenvalue weighted by molar-refractivity contribution is 6.35. The van der Waals surface area contributed by atoms with Gasteiger partial charge in [0.1, 0.15) is 0 Å². The van der Waals surface area contributed by atoms with Crippen molar-refractivity contribution in [2.24, 2.45) is 5.92 Å². The highest BCUT2D eigenvalue weighted by atomic mass is 35.5. The molecule has 0 atom stereocenters. The summed E-state index contributed by atoms with van der Waals surface area (Å²) in [6, 6.07) is 5.46. The molecule has 6 heteroatoms. The van der Waals surface area contributed by atoms with E-state index in [1.54, 1.807) is 6.07 Å². The number of nitrogens with one attached hydrogen (secondary N) is 2. The molecular formula is C16H23Cl3N2O. The van der Waals surface area contributed by atoms with Gasteiger partial charge in [0.25, 0.3) is 0 Å². The Labute approximate surface area is 148 Å². The van der Waals surface area contributed by atoms with Crippen LogP contribution in [0.4, 0.5) is 0 Å². The molecule has 1 amide bonds. The van der Waals surface area contributed by atoms with Crippen molar-refractivity contribution in [3.8, 4) is 0 Å². The first kappa shape index (κ1) is 19.6. The molecule has 1 heterocycles. The number of carbonyl (C=O) groups is 1. The smallest absolute Gasteiger partial charge is 0.220 e. The number of carbonyl (C=O) groups excluding carboxylic acids is 1. The van der Waals surface area contributed by atoms with Gasteiger partial charge in [-0.15, -0.1) is 12.4 Å². The molecule has 22 heavy (non-hydrogen) atoms. The van der Waals surface area contributed by atoms with E-state index in [1.165, 1.54) is 12.8 Å². The maximum Gasteiger partial charge on any atom is 0.220 e. The minimum Gasteiger partial charge on any atom is -0.356 e. The molecule has 1 aliphatic rings. The van der Waals surface area contributed by atoms with Crippen molar-refractivity contribution in [3.63, 3.8) is 0 Å². The summed E-state index contributed by atoms with van der Waals surface area (Å²) in [6.45, 7) is 2.79. The van der Waals surface area contributed by atoms with Gasteiger partial charge in [0.15, 0.2) is 0 Å². The van der Waals surface area contributed by atoms with Gasteiger partial charge in [0.2, 0.25) is 5.91 Å². The van der Waals surface area contributed by atoms with Crippen molar-refractivity contribution in [1.29, 1.82) is 0 Å². The summed E-state index contributed by atoms with van der Waals surface area (Å²) in [4.78, 5) is 11.8. The zero-order valence-electron chi connectivity index (χ0n) is 12.5. The lowest BCUT2D eigenvalue weighted by molar-refractivity contribution is -0.121. The molecule has 1 fully saturated rings. The zero-order chi connectivity index (χ0) is 15.1. The largest absolute Gasteiger partial charge is 0.356 e. The number of hydrogen-bond donors (Lipinski definition) is 2. The van der Waals surface area contributed by atoms with Crippen LogP contribution in [0.25, 0.3) is 0 Å². The van der Waals surface area contributed by atoms with Gasteiger partial charge >= 0.3 is 0 Å². The molecule has 0 radical (unpaired) electrons. The third-order valence-electron chi connectivity index (χ3n) is 3.97. The van der Waals surface area contributed by atoms with Gasteiger partial charge in [-0.1, -0.05) is 29.3 Å². The van der Waals surface area contributed by atoms with Gasteiger partial charge in [-0.05, 0) is 62.4 Å². The molecule has 2 rings (SSSR count). The Bertz CT molecular complexity index is 476. The predicted octanol–water partition coefficient (Wildman–Crippen LogP) is 3.85. The summed E-state index contributed by atoms with van der Waals surface area (Å²) < 4.78 is 0. The lowest BCUT2D eigenvalue weighted by Gasteiger charge is -2.22. The van der Waals surface area contributed by atoms with Crippen LogP contribution in [0, 0.1) is 5.92 Å². The molecule has 0 aromatic heterocycles. The molecule has 1 aromatic rings. The lowest BCUT2D eigenvalue weighted by atomic mass is 9.93. The fraction of sp³-hybridized carbons (Fsp3) is 0.562. The van der Waals surface area contributed by atoms with Crippen LogP contribution in [0.3, 0.4) is 0 Å². The van der Waals surface area contributed by atoms with Crippen LogP contribution in [-0.2, 0) is 11.2 Å². The van der Waals surface area contributed by atoms with E-state index in [4.69, 9.17) is 23.2 Å². The quantitative estimate of drug-likeness (QED) is 0.804. The molecule has 1 aromatic carbocycles. The maximum atomic E-state index is 11.8. The summed E-state index contributed by atoms with van der Waals surface area (Å²) in [5.41, 5.74) is 1.01. The number of amides is 1. The highest BCUT2D eigenvalue weighted by Gasteiger charge is 2.14. The predicted molar refractivity (Wildman–Crippen MR) is 95.3 cm³/mol. The van der Waals surface area contributed by atoms with Gasteiger partial charge in [0, 0.05) is 23.0 Å². The first-order chi connectivity index (χ1) is 10.1. The van der Waals surface area contributed by atoms with E-state index in [9.17, 15) is 4.79 Å². The van der Waals surface area contributed by atoms with Gasteiger partial charge in [-0.25, -0.2) is 0 Å². The average Bonchev–Trinajstić information content (AvgIpc) is 2.48. The minimum absolute atomic E-state index is 0. The highest BCUT2D eigenvalue weighted by Crippen LogP contribution is 2.21. The number of piperidine rings is 1. The summed E-state index contributed by atoms with van der Waals surface area (Å²) >= 11 is 12.0. The number of rotatable bonds is 6. The van der Waals surface area contributed by atoms with Crippen molar-refractivity contribution in [2.45, 2.75) is 32.1 Å². The minimum atomic E-state index is 0. The van der Waals surface area contributed by atoms with E-state index in [2.05, 4.69) is 10.6 Å². The Kier molecular flexibility index (Phi) is 9.18. The molecule has 0 spiro atoms. The van der Waals surface area contributed by atoms with Gasteiger partial charge in [-0.2, -0.15) is 0 Å². The van der Waals surface area contributed by atoms with E-state index in [0.717, 1.165) is 31.5 Å². The number of benzene rings is 1. The Morgan fingerprint density at radius 2 is 2.00 bits per heavy atom. The summed E-state index contributed by atoms with van der Waals surface area (Å²) in [7, 11) is 0. The standard InChI is InChI=1S/C16H22Cl2N2O.ClH/c17-14-3-2-13(15(18)11-14)7-10-20-16(21)4-1-12-5-8-19-9-6-12;/h2-3,11-12,19H,1,4-10H2,(H,20,21);1H. The molecule has 0 bridgehead atoms. The average molecular weight is 366 g/mol. The Hall–Kier alpha value is -0.480. The van der Waals surface area contributed by atoms with Crippen LogP contribution < -0.4 is 10.6 Å². The summed E-state index contributed by atoms with van der Waals surface area (Å²) in [5.74, 6) is 0.835. The van der Waals surface area contributed by atoms with Crippen molar-refractivity contribution < 1.29 is 4.79 Å². The second-order valence-electron chi connectivity index (χ2n) is 5.57. The molecule has 0 unspecified atom stereocenters. The van der Waals surface area contributed by atoms with Crippen LogP contribution in [0.2, 0.25) is 10.0 Å². The summed E-state index contributed by atoms with van der Waals surface area (Å²) in [5, 5.41) is 7.60. The first-order valence-electron chi connectivity index (χ1n) is 7.56. The normalized spacial score (nSPS) is 15.2. The monoisotopic (exact) mass is 364 g/mol. The number of halogens is 3. The second-order valence-corrected chi connectivity index (χ2v) is 6.41. The Morgan fingerprint density at radius 1 is 1.27 bits per heavy atom. The van der Waals surface area contributed by atoms with E-state index < -0.39 is 0 Å². The molecule has 0 aliphatic carbocycles. The van der Waals surface area contributed by atoms with Crippen molar-refractivity contribution in [3.05, 3.63) is 33.8 Å². The molecule has 1 aliphatic heterocycles. The fourth-order valence-corrected chi connectivity index (χ4v) is 3.16. The Balaban J connectivity index is 0.00000242. The van der Waals surface area contributed by atoms with Crippen LogP contribution in [0.5, 0.6) is 0 Å². The van der Waals surface area contributed by atoms with E-state index in [0.29, 0.717) is 28.9 Å². The van der Waals surface area contributed by atoms with E-state index in [1.807, 2.05) is 12.1 Å². The molecule has 124 valence electrons. The van der Waals surface area contributed by atoms with Gasteiger partial charge in [-0.3, -0.25) is 4.79 Å². The van der Waals surface area contributed by atoms with Gasteiger partial charge in [0.05, 0.1) is 0 Å². The molecule has 3 nitrogen and oxygen atoms in total. The van der Waals surface area contributed by atoms with Crippen LogP contribution in [-0.4, -0.2) is 25.5 Å². The summed E-state index contributed by atoms with van der Waals surface area (Å²) in [6.07, 6.45) is 4.73. The maximum absolute atomic E-state index is 11.8. The first-order valence-corrected chi connectivity index (χ1v) is 8.32. The molecule has 2 N–H and O–H groups in total. The van der Waals surface area contributed by atoms with E-state index in [-0.39, 0.29) is 18.3 Å². The van der Waals surface area contributed by atoms with Crippen LogP contribution in [0.1, 0.15) is 31.2 Å². The third kappa shape index (κ3) is 6.74. The van der Waals surface area contributed by atoms with E-state index >= 15 is 0 Å². The lowest BCUT2D eigenvalue weighted by Crippen LogP contribution is -2.30. The fourth-order valence-electron chi connectivity index (χ4n) is 2.66. The van der Waals surface area contributed by atoms with Crippen LogP contribution >= 0.6 is 35.6 Å².